The third kappa shape index (κ3) is 6.18. The fourth-order valence-corrected chi connectivity index (χ4v) is 3.18. The van der Waals surface area contributed by atoms with Crippen LogP contribution in [0, 0.1) is 0 Å². The van der Waals surface area contributed by atoms with E-state index in [1.807, 2.05) is 42.9 Å². The quantitative estimate of drug-likeness (QED) is 0.540. The maximum Gasteiger partial charge on any atom is 0.173 e. The lowest BCUT2D eigenvalue weighted by molar-refractivity contribution is 0.393. The lowest BCUT2D eigenvalue weighted by Gasteiger charge is -2.26. The number of hydrogen-bond acceptors (Lipinski definition) is 5. The summed E-state index contributed by atoms with van der Waals surface area (Å²) in [5.74, 6) is 1.41. The molecule has 2 heterocycles. The number of nitrogens with zero attached hydrogens (tertiary/aromatic N) is 4. The van der Waals surface area contributed by atoms with Gasteiger partial charge in [0.2, 0.25) is 0 Å². The molecule has 0 saturated carbocycles. The Morgan fingerprint density at radius 3 is 2.41 bits per heavy atom. The molecule has 2 aromatic heterocycles. The van der Waals surface area contributed by atoms with Crippen LogP contribution in [0.25, 0.3) is 0 Å². The SMILES string of the molecule is COc1cc(NC(=S)N(CCCn2ccnc2)Cc2ccncc2)cc(OC)c1. The van der Waals surface area contributed by atoms with E-state index in [4.69, 9.17) is 21.7 Å². The van der Waals surface area contributed by atoms with Crippen molar-refractivity contribution < 1.29 is 9.47 Å². The van der Waals surface area contributed by atoms with Crippen molar-refractivity contribution in [3.05, 3.63) is 67.0 Å². The van der Waals surface area contributed by atoms with Gasteiger partial charge < -0.3 is 24.3 Å². The normalized spacial score (nSPS) is 10.4. The predicted molar refractivity (Wildman–Crippen MR) is 117 cm³/mol. The number of aryl methyl sites for hydroxylation is 1. The Morgan fingerprint density at radius 2 is 1.79 bits per heavy atom. The van der Waals surface area contributed by atoms with E-state index < -0.39 is 0 Å². The molecule has 0 fully saturated rings. The highest BCUT2D eigenvalue weighted by Crippen LogP contribution is 2.26. The standard InChI is InChI=1S/C21H25N5O2S/c1-27-19-12-18(13-20(14-19)28-2)24-21(29)26(15-17-4-6-22-7-5-17)10-3-9-25-11-8-23-16-25/h4-8,11-14,16H,3,9-10,15H2,1-2H3,(H,24,29). The van der Waals surface area contributed by atoms with E-state index in [1.54, 1.807) is 32.8 Å². The smallest absolute Gasteiger partial charge is 0.173 e. The van der Waals surface area contributed by atoms with Crippen molar-refractivity contribution in [3.8, 4) is 11.5 Å². The van der Waals surface area contributed by atoms with E-state index in [0.29, 0.717) is 23.2 Å². The number of imidazole rings is 1. The maximum atomic E-state index is 5.73. The number of methoxy groups -OCH3 is 2. The molecule has 0 saturated heterocycles. The lowest BCUT2D eigenvalue weighted by Crippen LogP contribution is -2.35. The molecule has 7 nitrogen and oxygen atoms in total. The van der Waals surface area contributed by atoms with Gasteiger partial charge >= 0.3 is 0 Å². The highest BCUT2D eigenvalue weighted by molar-refractivity contribution is 7.80. The summed E-state index contributed by atoms with van der Waals surface area (Å²) in [7, 11) is 3.26. The molecule has 1 N–H and O–H groups in total. The van der Waals surface area contributed by atoms with Gasteiger partial charge in [-0.2, -0.15) is 0 Å². The van der Waals surface area contributed by atoms with Crippen LogP contribution in [0.3, 0.4) is 0 Å². The van der Waals surface area contributed by atoms with Crippen LogP contribution in [0.15, 0.2) is 61.4 Å². The Bertz CT molecular complexity index is 880. The molecule has 0 aliphatic heterocycles. The first-order valence-electron chi connectivity index (χ1n) is 9.31. The van der Waals surface area contributed by atoms with Gasteiger partial charge in [-0.05, 0) is 36.3 Å². The van der Waals surface area contributed by atoms with Gasteiger partial charge in [-0.1, -0.05) is 0 Å². The molecule has 0 bridgehead atoms. The van der Waals surface area contributed by atoms with Gasteiger partial charge in [0.1, 0.15) is 11.5 Å². The van der Waals surface area contributed by atoms with Gasteiger partial charge in [-0.25, -0.2) is 4.98 Å². The van der Waals surface area contributed by atoms with Crippen molar-refractivity contribution in [3.63, 3.8) is 0 Å². The number of benzene rings is 1. The van der Waals surface area contributed by atoms with Crippen LogP contribution in [0.1, 0.15) is 12.0 Å². The van der Waals surface area contributed by atoms with Crippen LogP contribution < -0.4 is 14.8 Å². The fourth-order valence-electron chi connectivity index (χ4n) is 2.91. The summed E-state index contributed by atoms with van der Waals surface area (Å²) in [5.41, 5.74) is 1.97. The summed E-state index contributed by atoms with van der Waals surface area (Å²) in [6.45, 7) is 2.37. The van der Waals surface area contributed by atoms with E-state index >= 15 is 0 Å². The molecular weight excluding hydrogens is 386 g/mol. The average molecular weight is 412 g/mol. The number of rotatable bonds is 9. The number of anilines is 1. The monoisotopic (exact) mass is 411 g/mol. The molecule has 0 aliphatic rings. The second-order valence-corrected chi connectivity index (χ2v) is 6.85. The van der Waals surface area contributed by atoms with Crippen molar-refractivity contribution in [2.75, 3.05) is 26.1 Å². The zero-order valence-corrected chi connectivity index (χ0v) is 17.4. The zero-order valence-electron chi connectivity index (χ0n) is 16.6. The van der Waals surface area contributed by atoms with Gasteiger partial charge in [0.05, 0.1) is 20.5 Å². The molecule has 1 aromatic carbocycles. The molecule has 8 heteroatoms. The number of pyridine rings is 1. The van der Waals surface area contributed by atoms with Gasteiger partial charge in [0, 0.05) is 68.3 Å². The minimum absolute atomic E-state index is 0.641. The van der Waals surface area contributed by atoms with Crippen LogP contribution in [0.2, 0.25) is 0 Å². The van der Waals surface area contributed by atoms with E-state index in [9.17, 15) is 0 Å². The summed E-state index contributed by atoms with van der Waals surface area (Å²) >= 11 is 5.73. The first kappa shape index (κ1) is 20.6. The Hall–Kier alpha value is -3.13. The molecule has 29 heavy (non-hydrogen) atoms. The Morgan fingerprint density at radius 1 is 1.07 bits per heavy atom. The first-order valence-corrected chi connectivity index (χ1v) is 9.72. The third-order valence-electron chi connectivity index (χ3n) is 4.42. The molecule has 0 spiro atoms. The topological polar surface area (TPSA) is 64.4 Å². The fraction of sp³-hybridized carbons (Fsp3) is 0.286. The van der Waals surface area contributed by atoms with Gasteiger partial charge in [0.25, 0.3) is 0 Å². The summed E-state index contributed by atoms with van der Waals surface area (Å²) in [5, 5.41) is 3.96. The molecule has 0 amide bonds. The molecule has 0 atom stereocenters. The second-order valence-electron chi connectivity index (χ2n) is 6.46. The van der Waals surface area contributed by atoms with Gasteiger partial charge in [-0.15, -0.1) is 0 Å². The number of nitrogens with one attached hydrogen (secondary N) is 1. The Labute approximate surface area is 176 Å². The maximum absolute atomic E-state index is 5.73. The summed E-state index contributed by atoms with van der Waals surface area (Å²) in [6, 6.07) is 9.62. The Balaban J connectivity index is 1.70. The van der Waals surface area contributed by atoms with Crippen LogP contribution in [-0.4, -0.2) is 45.3 Å². The molecular formula is C21H25N5O2S. The number of aromatic nitrogens is 3. The minimum Gasteiger partial charge on any atom is -0.497 e. The second kappa shape index (κ2) is 10.4. The number of ether oxygens (including phenoxy) is 2. The predicted octanol–water partition coefficient (Wildman–Crippen LogP) is 3.58. The van der Waals surface area contributed by atoms with Crippen LogP contribution >= 0.6 is 12.2 Å². The van der Waals surface area contributed by atoms with Gasteiger partial charge in [-0.3, -0.25) is 4.98 Å². The Kier molecular flexibility index (Phi) is 7.40. The summed E-state index contributed by atoms with van der Waals surface area (Å²) < 4.78 is 12.8. The van der Waals surface area contributed by atoms with Crippen molar-refractivity contribution >= 4 is 23.0 Å². The van der Waals surface area contributed by atoms with E-state index in [0.717, 1.165) is 30.8 Å². The molecule has 3 aromatic rings. The summed E-state index contributed by atoms with van der Waals surface area (Å²) in [6.07, 6.45) is 10.1. The van der Waals surface area contributed by atoms with Crippen LogP contribution in [-0.2, 0) is 13.1 Å². The van der Waals surface area contributed by atoms with Crippen molar-refractivity contribution in [2.45, 2.75) is 19.5 Å². The summed E-state index contributed by atoms with van der Waals surface area (Å²) in [4.78, 5) is 10.3. The number of thiocarbonyl (C=S) groups is 1. The van der Waals surface area contributed by atoms with Crippen LogP contribution in [0.4, 0.5) is 5.69 Å². The largest absolute Gasteiger partial charge is 0.497 e. The van der Waals surface area contributed by atoms with E-state index in [-0.39, 0.29) is 0 Å². The van der Waals surface area contributed by atoms with Gasteiger partial charge in [0.15, 0.2) is 5.11 Å². The van der Waals surface area contributed by atoms with Crippen LogP contribution in [0.5, 0.6) is 11.5 Å². The van der Waals surface area contributed by atoms with Crippen molar-refractivity contribution in [1.29, 1.82) is 0 Å². The van der Waals surface area contributed by atoms with Crippen molar-refractivity contribution in [2.24, 2.45) is 0 Å². The molecule has 0 radical (unpaired) electrons. The lowest BCUT2D eigenvalue weighted by atomic mass is 10.2. The molecule has 152 valence electrons. The van der Waals surface area contributed by atoms with E-state index in [2.05, 4.69) is 24.8 Å². The average Bonchev–Trinajstić information content (AvgIpc) is 3.27. The highest BCUT2D eigenvalue weighted by atomic mass is 32.1. The molecule has 0 unspecified atom stereocenters. The number of hydrogen-bond donors (Lipinski definition) is 1. The van der Waals surface area contributed by atoms with Crippen molar-refractivity contribution in [1.82, 2.24) is 19.4 Å². The first-order chi connectivity index (χ1) is 14.2. The zero-order chi connectivity index (χ0) is 20.5. The molecule has 0 aliphatic carbocycles. The third-order valence-corrected chi connectivity index (χ3v) is 4.78. The van der Waals surface area contributed by atoms with E-state index in [1.165, 1.54) is 0 Å². The highest BCUT2D eigenvalue weighted by Gasteiger charge is 2.12. The molecule has 3 rings (SSSR count). The minimum atomic E-state index is 0.641.